The molecule has 3 heterocycles. The summed E-state index contributed by atoms with van der Waals surface area (Å²) in [5.41, 5.74) is 8.84. The molecule has 108 valence electrons. The third kappa shape index (κ3) is 2.31. The highest BCUT2D eigenvalue weighted by molar-refractivity contribution is 7.20. The van der Waals surface area contributed by atoms with Crippen molar-refractivity contribution in [2.24, 2.45) is 0 Å². The van der Waals surface area contributed by atoms with Crippen molar-refractivity contribution in [1.29, 1.82) is 0 Å². The molecule has 0 aliphatic carbocycles. The summed E-state index contributed by atoms with van der Waals surface area (Å²) in [5.74, 6) is -0.102. The molecule has 3 aromatic heterocycles. The number of pyridine rings is 1. The smallest absolute Gasteiger partial charge is 0.229 e. The van der Waals surface area contributed by atoms with Crippen LogP contribution in [0.25, 0.3) is 22.4 Å². The van der Waals surface area contributed by atoms with Gasteiger partial charge in [0.1, 0.15) is 4.34 Å². The Morgan fingerprint density at radius 3 is 2.67 bits per heavy atom. The van der Waals surface area contributed by atoms with Crippen LogP contribution in [0.1, 0.15) is 23.0 Å². The number of nitrogen functional groups attached to an aromatic ring is 1. The van der Waals surface area contributed by atoms with E-state index in [0.717, 1.165) is 11.1 Å². The molecule has 3 aromatic rings. The second-order valence-corrected chi connectivity index (χ2v) is 6.93. The fraction of sp³-hybridized carbons (Fsp3) is 0.143. The molecule has 4 nitrogen and oxygen atoms in total. The van der Waals surface area contributed by atoms with E-state index in [2.05, 4.69) is 4.98 Å². The van der Waals surface area contributed by atoms with E-state index in [4.69, 9.17) is 33.4 Å². The molecule has 7 heteroatoms. The maximum atomic E-state index is 11.5. The number of rotatable bonds is 2. The minimum Gasteiger partial charge on any atom is -0.432 e. The normalized spacial score (nSPS) is 11.2. The summed E-state index contributed by atoms with van der Waals surface area (Å²) >= 11 is 13.4. The van der Waals surface area contributed by atoms with Gasteiger partial charge in [-0.1, -0.05) is 23.2 Å². The van der Waals surface area contributed by atoms with Crippen LogP contribution in [0.15, 0.2) is 16.5 Å². The predicted molar refractivity (Wildman–Crippen MR) is 86.5 cm³/mol. The number of aryl methyl sites for hydroxylation is 1. The van der Waals surface area contributed by atoms with Gasteiger partial charge in [0.2, 0.25) is 5.71 Å². The summed E-state index contributed by atoms with van der Waals surface area (Å²) in [6, 6.07) is 3.60. The molecule has 0 atom stereocenters. The van der Waals surface area contributed by atoms with Crippen molar-refractivity contribution in [2.75, 3.05) is 5.73 Å². The topological polar surface area (TPSA) is 69.1 Å². The van der Waals surface area contributed by atoms with E-state index in [-0.39, 0.29) is 11.5 Å². The van der Waals surface area contributed by atoms with Crippen LogP contribution in [-0.2, 0) is 0 Å². The molecule has 3 rings (SSSR count). The number of hydrogen-bond donors (Lipinski definition) is 1. The molecule has 0 fully saturated rings. The molecule has 0 spiro atoms. The zero-order chi connectivity index (χ0) is 15.3. The average molecular weight is 341 g/mol. The van der Waals surface area contributed by atoms with Gasteiger partial charge >= 0.3 is 0 Å². The third-order valence-corrected chi connectivity index (χ3v) is 4.64. The zero-order valence-corrected chi connectivity index (χ0v) is 13.5. The van der Waals surface area contributed by atoms with E-state index in [0.29, 0.717) is 31.2 Å². The van der Waals surface area contributed by atoms with Gasteiger partial charge in [-0.15, -0.1) is 11.3 Å². The Labute approximate surface area is 134 Å². The quantitative estimate of drug-likeness (QED) is 0.669. The van der Waals surface area contributed by atoms with Crippen LogP contribution in [0, 0.1) is 6.92 Å². The van der Waals surface area contributed by atoms with Gasteiger partial charge in [0.15, 0.2) is 11.5 Å². The molecule has 0 saturated heterocycles. The van der Waals surface area contributed by atoms with Crippen molar-refractivity contribution in [2.45, 2.75) is 13.8 Å². The highest BCUT2D eigenvalue weighted by Crippen LogP contribution is 2.39. The number of ketones is 1. The van der Waals surface area contributed by atoms with E-state index in [1.807, 2.05) is 13.0 Å². The molecule has 0 saturated carbocycles. The standard InChI is InChI=1S/C14H10Cl2N2O2S/c1-5-3-8(7-4-9(15)21-13(7)16)18-14-10(5)11(17)12(20-14)6(2)19/h3-4H,17H2,1-2H3. The van der Waals surface area contributed by atoms with Gasteiger partial charge in [-0.25, -0.2) is 4.98 Å². The number of nitrogens with zero attached hydrogens (tertiary/aromatic N) is 1. The molecule has 0 aromatic carbocycles. The lowest BCUT2D eigenvalue weighted by Crippen LogP contribution is -1.95. The Morgan fingerprint density at radius 2 is 2.10 bits per heavy atom. The predicted octanol–water partition coefficient (Wildman–Crippen LogP) is 4.96. The van der Waals surface area contributed by atoms with Crippen molar-refractivity contribution in [3.63, 3.8) is 0 Å². The molecular weight excluding hydrogens is 331 g/mol. The second-order valence-electron chi connectivity index (χ2n) is 4.64. The Kier molecular flexibility index (Phi) is 3.43. The second kappa shape index (κ2) is 5.02. The zero-order valence-electron chi connectivity index (χ0n) is 11.2. The number of carbonyl (C=O) groups is 1. The van der Waals surface area contributed by atoms with Gasteiger partial charge in [0.25, 0.3) is 0 Å². The number of nitrogens with two attached hydrogens (primary N) is 1. The molecule has 0 unspecified atom stereocenters. The molecule has 2 N–H and O–H groups in total. The van der Waals surface area contributed by atoms with Crippen molar-refractivity contribution >= 4 is 57.1 Å². The molecule has 0 aliphatic heterocycles. The fourth-order valence-corrected chi connectivity index (χ4v) is 3.71. The first-order valence-corrected chi connectivity index (χ1v) is 7.61. The lowest BCUT2D eigenvalue weighted by Gasteiger charge is -2.02. The van der Waals surface area contributed by atoms with Gasteiger partial charge in [0, 0.05) is 12.5 Å². The monoisotopic (exact) mass is 340 g/mol. The van der Waals surface area contributed by atoms with Crippen LogP contribution < -0.4 is 5.73 Å². The van der Waals surface area contributed by atoms with Crippen molar-refractivity contribution in [1.82, 2.24) is 4.98 Å². The SMILES string of the molecule is CC(=O)c1oc2nc(-c3cc(Cl)sc3Cl)cc(C)c2c1N. The first-order chi connectivity index (χ1) is 9.88. The van der Waals surface area contributed by atoms with Gasteiger partial charge < -0.3 is 10.2 Å². The lowest BCUT2D eigenvalue weighted by atomic mass is 10.1. The number of furan rings is 1. The first-order valence-electron chi connectivity index (χ1n) is 6.04. The van der Waals surface area contributed by atoms with Gasteiger partial charge in [-0.05, 0) is 24.6 Å². The van der Waals surface area contributed by atoms with E-state index in [9.17, 15) is 4.79 Å². The number of aromatic nitrogens is 1. The third-order valence-electron chi connectivity index (χ3n) is 3.15. The fourth-order valence-electron chi connectivity index (χ4n) is 2.22. The minimum atomic E-state index is -0.233. The average Bonchev–Trinajstić information content (AvgIpc) is 2.90. The van der Waals surface area contributed by atoms with Crippen LogP contribution in [0.5, 0.6) is 0 Å². The Hall–Kier alpha value is -1.56. The number of hydrogen-bond acceptors (Lipinski definition) is 5. The van der Waals surface area contributed by atoms with Crippen LogP contribution >= 0.6 is 34.5 Å². The first kappa shape index (κ1) is 14.4. The summed E-state index contributed by atoms with van der Waals surface area (Å²) in [4.78, 5) is 15.9. The summed E-state index contributed by atoms with van der Waals surface area (Å²) < 4.78 is 6.63. The minimum absolute atomic E-state index is 0.132. The largest absolute Gasteiger partial charge is 0.432 e. The van der Waals surface area contributed by atoms with Crippen molar-refractivity contribution in [3.8, 4) is 11.3 Å². The number of Topliss-reactive ketones (excluding diaryl/α,β-unsaturated/α-hetero) is 1. The number of thiophene rings is 1. The maximum Gasteiger partial charge on any atom is 0.229 e. The molecule has 0 amide bonds. The van der Waals surface area contributed by atoms with Gasteiger partial charge in [-0.3, -0.25) is 4.79 Å². The summed E-state index contributed by atoms with van der Waals surface area (Å²) in [6.45, 7) is 3.28. The van der Waals surface area contributed by atoms with E-state index < -0.39 is 0 Å². The van der Waals surface area contributed by atoms with Crippen LogP contribution in [-0.4, -0.2) is 10.8 Å². The van der Waals surface area contributed by atoms with E-state index in [1.165, 1.54) is 18.3 Å². The molecular formula is C14H10Cl2N2O2S. The highest BCUT2D eigenvalue weighted by Gasteiger charge is 2.20. The van der Waals surface area contributed by atoms with Gasteiger partial charge in [-0.2, -0.15) is 0 Å². The number of fused-ring (bicyclic) bond motifs is 1. The number of halogens is 2. The Balaban J connectivity index is 2.29. The van der Waals surface area contributed by atoms with E-state index >= 15 is 0 Å². The summed E-state index contributed by atoms with van der Waals surface area (Å²) in [6.07, 6.45) is 0. The molecule has 0 aliphatic rings. The lowest BCUT2D eigenvalue weighted by molar-refractivity contribution is 0.0990. The van der Waals surface area contributed by atoms with Crippen LogP contribution in [0.4, 0.5) is 5.69 Å². The van der Waals surface area contributed by atoms with Crippen molar-refractivity contribution in [3.05, 3.63) is 32.1 Å². The van der Waals surface area contributed by atoms with Gasteiger partial charge in [0.05, 0.1) is 21.1 Å². The Bertz CT molecular complexity index is 883. The highest BCUT2D eigenvalue weighted by atomic mass is 35.5. The summed E-state index contributed by atoms with van der Waals surface area (Å²) in [5, 5.41) is 0.654. The maximum absolute atomic E-state index is 11.5. The Morgan fingerprint density at radius 1 is 1.38 bits per heavy atom. The number of carbonyl (C=O) groups excluding carboxylic acids is 1. The molecule has 0 radical (unpaired) electrons. The van der Waals surface area contributed by atoms with E-state index in [1.54, 1.807) is 6.07 Å². The molecule has 21 heavy (non-hydrogen) atoms. The molecule has 0 bridgehead atoms. The van der Waals surface area contributed by atoms with Crippen LogP contribution in [0.2, 0.25) is 8.67 Å². The van der Waals surface area contributed by atoms with Crippen molar-refractivity contribution < 1.29 is 9.21 Å². The summed E-state index contributed by atoms with van der Waals surface area (Å²) in [7, 11) is 0. The number of anilines is 1. The van der Waals surface area contributed by atoms with Crippen LogP contribution in [0.3, 0.4) is 0 Å².